The molecule has 0 spiro atoms. The number of aromatic nitrogens is 4. The molecule has 1 amide bonds. The zero-order valence-corrected chi connectivity index (χ0v) is 15.5. The van der Waals surface area contributed by atoms with Gasteiger partial charge in [0, 0.05) is 30.8 Å². The van der Waals surface area contributed by atoms with E-state index in [1.165, 1.54) is 0 Å². The van der Waals surface area contributed by atoms with Crippen LogP contribution < -0.4 is 4.74 Å². The van der Waals surface area contributed by atoms with Crippen molar-refractivity contribution < 1.29 is 14.1 Å². The van der Waals surface area contributed by atoms with Crippen molar-refractivity contribution in [3.05, 3.63) is 47.3 Å². The molecule has 0 bridgehead atoms. The molecule has 27 heavy (non-hydrogen) atoms. The fraction of sp³-hybridized carbons (Fsp3) is 0.368. The molecule has 1 saturated heterocycles. The highest BCUT2D eigenvalue weighted by Gasteiger charge is 2.32. The van der Waals surface area contributed by atoms with Gasteiger partial charge in [0.15, 0.2) is 5.82 Å². The van der Waals surface area contributed by atoms with E-state index in [1.54, 1.807) is 18.8 Å². The summed E-state index contributed by atoms with van der Waals surface area (Å²) in [6.07, 6.45) is 1.83. The zero-order valence-electron chi connectivity index (χ0n) is 15.5. The first-order valence-corrected chi connectivity index (χ1v) is 8.86. The lowest BCUT2D eigenvalue weighted by molar-refractivity contribution is 0.0731. The van der Waals surface area contributed by atoms with E-state index in [2.05, 4.69) is 15.2 Å². The van der Waals surface area contributed by atoms with Crippen LogP contribution in [0.25, 0.3) is 11.4 Å². The second kappa shape index (κ2) is 6.86. The summed E-state index contributed by atoms with van der Waals surface area (Å²) < 4.78 is 11.9. The Morgan fingerprint density at radius 1 is 1.33 bits per heavy atom. The molecule has 0 unspecified atom stereocenters. The number of carbonyl (C=O) groups excluding carboxylic acids is 1. The summed E-state index contributed by atoms with van der Waals surface area (Å²) in [5.41, 5.74) is 2.18. The van der Waals surface area contributed by atoms with Crippen LogP contribution in [0.15, 0.2) is 34.9 Å². The lowest BCUT2D eigenvalue weighted by Crippen LogP contribution is -2.30. The second-order valence-electron chi connectivity index (χ2n) is 6.65. The number of rotatable bonds is 4. The van der Waals surface area contributed by atoms with Gasteiger partial charge in [-0.25, -0.2) is 4.68 Å². The maximum absolute atomic E-state index is 13.1. The smallest absolute Gasteiger partial charge is 0.314 e. The third kappa shape index (κ3) is 3.18. The molecule has 4 rings (SSSR count). The second-order valence-corrected chi connectivity index (χ2v) is 6.65. The van der Waals surface area contributed by atoms with Gasteiger partial charge in [-0.05, 0) is 31.9 Å². The maximum Gasteiger partial charge on any atom is 0.314 e. The van der Waals surface area contributed by atoms with Gasteiger partial charge in [-0.1, -0.05) is 17.3 Å². The van der Waals surface area contributed by atoms with E-state index in [0.29, 0.717) is 23.9 Å². The average molecular weight is 367 g/mol. The molecular formula is C19H21N5O3. The predicted molar refractivity (Wildman–Crippen MR) is 97.2 cm³/mol. The molecule has 140 valence electrons. The number of methoxy groups -OCH3 is 1. The van der Waals surface area contributed by atoms with Crippen molar-refractivity contribution in [3.8, 4) is 17.4 Å². The van der Waals surface area contributed by atoms with Crippen molar-refractivity contribution in [3.63, 3.8) is 0 Å². The van der Waals surface area contributed by atoms with Gasteiger partial charge in [0.2, 0.25) is 0 Å². The molecule has 8 heteroatoms. The first kappa shape index (κ1) is 17.3. The average Bonchev–Trinajstić information content (AvgIpc) is 3.40. The summed E-state index contributed by atoms with van der Waals surface area (Å²) in [6, 6.07) is 9.63. The largest absolute Gasteiger partial charge is 0.467 e. The van der Waals surface area contributed by atoms with Gasteiger partial charge in [-0.2, -0.15) is 4.98 Å². The predicted octanol–water partition coefficient (Wildman–Crippen LogP) is 2.76. The maximum atomic E-state index is 13.1. The number of aryl methyl sites for hydroxylation is 2. The van der Waals surface area contributed by atoms with E-state index in [9.17, 15) is 4.79 Å². The van der Waals surface area contributed by atoms with E-state index in [0.717, 1.165) is 29.9 Å². The van der Waals surface area contributed by atoms with Gasteiger partial charge in [0.05, 0.1) is 13.2 Å². The Bertz CT molecular complexity index is 977. The van der Waals surface area contributed by atoms with Gasteiger partial charge in [0.25, 0.3) is 5.91 Å². The topological polar surface area (TPSA) is 86.3 Å². The Hall–Kier alpha value is -3.16. The van der Waals surface area contributed by atoms with E-state index < -0.39 is 0 Å². The fourth-order valence-electron chi connectivity index (χ4n) is 3.49. The summed E-state index contributed by atoms with van der Waals surface area (Å²) in [5.74, 6) is 1.25. The van der Waals surface area contributed by atoms with Gasteiger partial charge in [0.1, 0.15) is 11.5 Å². The molecule has 8 nitrogen and oxygen atoms in total. The lowest BCUT2D eigenvalue weighted by Gasteiger charge is -2.23. The Labute approximate surface area is 156 Å². The summed E-state index contributed by atoms with van der Waals surface area (Å²) in [6.45, 7) is 2.56. The Kier molecular flexibility index (Phi) is 4.39. The lowest BCUT2D eigenvalue weighted by atomic mass is 10.1. The van der Waals surface area contributed by atoms with E-state index in [-0.39, 0.29) is 11.9 Å². The van der Waals surface area contributed by atoms with Crippen molar-refractivity contribution in [2.75, 3.05) is 13.7 Å². The summed E-state index contributed by atoms with van der Waals surface area (Å²) in [5, 5.41) is 8.45. The Morgan fingerprint density at radius 3 is 2.89 bits per heavy atom. The van der Waals surface area contributed by atoms with Crippen LogP contribution in [0.3, 0.4) is 0 Å². The molecular weight excluding hydrogens is 346 g/mol. The highest BCUT2D eigenvalue weighted by atomic mass is 16.5. The monoisotopic (exact) mass is 367 g/mol. The summed E-state index contributed by atoms with van der Waals surface area (Å²) in [4.78, 5) is 19.4. The van der Waals surface area contributed by atoms with Crippen LogP contribution in [-0.2, 0) is 7.05 Å². The molecule has 3 aromatic rings. The number of nitrogens with zero attached hydrogens (tertiary/aromatic N) is 5. The zero-order chi connectivity index (χ0) is 19.0. The molecule has 0 saturated carbocycles. The fourth-order valence-corrected chi connectivity index (χ4v) is 3.49. The van der Waals surface area contributed by atoms with Crippen molar-refractivity contribution in [1.82, 2.24) is 24.8 Å². The van der Waals surface area contributed by atoms with Crippen LogP contribution in [-0.4, -0.2) is 44.4 Å². The van der Waals surface area contributed by atoms with E-state index >= 15 is 0 Å². The number of hydrogen-bond donors (Lipinski definition) is 0. The van der Waals surface area contributed by atoms with Crippen LogP contribution in [0.4, 0.5) is 0 Å². The normalized spacial score (nSPS) is 16.7. The van der Waals surface area contributed by atoms with Crippen molar-refractivity contribution in [2.45, 2.75) is 25.8 Å². The van der Waals surface area contributed by atoms with Gasteiger partial charge in [-0.15, -0.1) is 5.10 Å². The minimum absolute atomic E-state index is 0.0251. The first-order chi connectivity index (χ1) is 13.1. The van der Waals surface area contributed by atoms with E-state index in [1.807, 2.05) is 42.2 Å². The molecule has 0 N–H and O–H groups in total. The number of hydrogen-bond acceptors (Lipinski definition) is 6. The number of carbonyl (C=O) groups is 1. The molecule has 2 aromatic heterocycles. The third-order valence-electron chi connectivity index (χ3n) is 4.77. The van der Waals surface area contributed by atoms with Crippen LogP contribution in [0.5, 0.6) is 6.01 Å². The van der Waals surface area contributed by atoms with Gasteiger partial charge >= 0.3 is 6.01 Å². The summed E-state index contributed by atoms with van der Waals surface area (Å²) in [7, 11) is 3.31. The SMILES string of the molecule is COc1nc(-c2cccc(C(=O)N3CCC[C@@H]3c3cc(C)on3)c2)nn1C. The van der Waals surface area contributed by atoms with Crippen LogP contribution in [0.2, 0.25) is 0 Å². The van der Waals surface area contributed by atoms with Crippen LogP contribution in [0, 0.1) is 6.92 Å². The van der Waals surface area contributed by atoms with Crippen molar-refractivity contribution in [2.24, 2.45) is 7.05 Å². The first-order valence-electron chi connectivity index (χ1n) is 8.86. The van der Waals surface area contributed by atoms with Gasteiger partial charge < -0.3 is 14.2 Å². The Morgan fingerprint density at radius 2 is 2.19 bits per heavy atom. The number of ether oxygens (including phenoxy) is 1. The molecule has 1 aliphatic heterocycles. The van der Waals surface area contributed by atoms with Gasteiger partial charge in [-0.3, -0.25) is 4.79 Å². The molecule has 3 heterocycles. The van der Waals surface area contributed by atoms with Crippen molar-refractivity contribution >= 4 is 5.91 Å². The highest BCUT2D eigenvalue weighted by molar-refractivity contribution is 5.95. The van der Waals surface area contributed by atoms with Crippen LogP contribution >= 0.6 is 0 Å². The Balaban J connectivity index is 1.62. The third-order valence-corrected chi connectivity index (χ3v) is 4.77. The minimum Gasteiger partial charge on any atom is -0.467 e. The van der Waals surface area contributed by atoms with E-state index in [4.69, 9.17) is 9.26 Å². The standard InChI is InChI=1S/C19H21N5O3/c1-12-10-15(22-27-12)16-8-5-9-24(16)18(25)14-7-4-6-13(11-14)17-20-19(26-3)23(2)21-17/h4,6-7,10-11,16H,5,8-9H2,1-3H3/t16-/m1/s1. The minimum atomic E-state index is -0.0494. The number of amides is 1. The number of benzene rings is 1. The van der Waals surface area contributed by atoms with Crippen molar-refractivity contribution in [1.29, 1.82) is 0 Å². The van der Waals surface area contributed by atoms with Crippen LogP contribution in [0.1, 0.15) is 40.7 Å². The molecule has 1 aliphatic rings. The number of likely N-dealkylation sites (tertiary alicyclic amines) is 1. The molecule has 1 atom stereocenters. The highest BCUT2D eigenvalue weighted by Crippen LogP contribution is 2.33. The molecule has 0 radical (unpaired) electrons. The molecule has 0 aliphatic carbocycles. The summed E-state index contributed by atoms with van der Waals surface area (Å²) >= 11 is 0. The molecule has 1 aromatic carbocycles. The molecule has 1 fully saturated rings. The quantitative estimate of drug-likeness (QED) is 0.705.